The Bertz CT molecular complexity index is 945. The summed E-state index contributed by atoms with van der Waals surface area (Å²) in [4.78, 5) is 14.2. The highest BCUT2D eigenvalue weighted by atomic mass is 19.4. The highest BCUT2D eigenvalue weighted by Crippen LogP contribution is 2.30. The van der Waals surface area contributed by atoms with Crippen LogP contribution in [0.2, 0.25) is 0 Å². The number of para-hydroxylation sites is 1. The number of carbonyl (C=O) groups excluding carboxylic acids is 1. The third-order valence-corrected chi connectivity index (χ3v) is 4.23. The van der Waals surface area contributed by atoms with Gasteiger partial charge in [-0.05, 0) is 23.8 Å². The second-order valence-electron chi connectivity index (χ2n) is 6.19. The molecule has 0 bridgehead atoms. The lowest BCUT2D eigenvalue weighted by Gasteiger charge is -2.17. The van der Waals surface area contributed by atoms with Crippen LogP contribution in [0.5, 0.6) is 0 Å². The summed E-state index contributed by atoms with van der Waals surface area (Å²) in [6.45, 7) is 0.368. The van der Waals surface area contributed by atoms with Crippen molar-refractivity contribution in [2.75, 3.05) is 14.2 Å². The van der Waals surface area contributed by atoms with E-state index < -0.39 is 11.7 Å². The zero-order chi connectivity index (χ0) is 19.6. The summed E-state index contributed by atoms with van der Waals surface area (Å²) < 4.78 is 48.9. The minimum absolute atomic E-state index is 0.153. The van der Waals surface area contributed by atoms with Crippen LogP contribution < -0.4 is 0 Å². The van der Waals surface area contributed by atoms with Gasteiger partial charge in [0, 0.05) is 31.7 Å². The fourth-order valence-corrected chi connectivity index (χ4v) is 2.88. The summed E-state index contributed by atoms with van der Waals surface area (Å²) in [5, 5.41) is 0.797. The predicted octanol–water partition coefficient (Wildman–Crippen LogP) is 4.87. The molecule has 1 amide bonds. The van der Waals surface area contributed by atoms with E-state index >= 15 is 0 Å². The highest BCUT2D eigenvalue weighted by molar-refractivity contribution is 5.98. The third kappa shape index (κ3) is 3.98. The number of amides is 1. The topological polar surface area (TPSA) is 42.7 Å². The second-order valence-corrected chi connectivity index (χ2v) is 6.19. The Morgan fingerprint density at radius 2 is 1.78 bits per heavy atom. The smallest absolute Gasteiger partial charge is 0.416 e. The molecule has 27 heavy (non-hydrogen) atoms. The van der Waals surface area contributed by atoms with Crippen LogP contribution >= 0.6 is 0 Å². The van der Waals surface area contributed by atoms with Gasteiger partial charge in [0.25, 0.3) is 5.91 Å². The maximum Gasteiger partial charge on any atom is 0.416 e. The summed E-state index contributed by atoms with van der Waals surface area (Å²) in [5.74, 6) is -0.189. The van der Waals surface area contributed by atoms with Gasteiger partial charge in [-0.1, -0.05) is 30.3 Å². The van der Waals surface area contributed by atoms with Crippen LogP contribution in [0, 0.1) is 0 Å². The molecule has 0 saturated heterocycles. The number of furan rings is 1. The summed E-state index contributed by atoms with van der Waals surface area (Å²) in [6, 6.07) is 12.0. The number of methoxy groups -OCH3 is 1. The normalized spacial score (nSPS) is 11.7. The molecule has 142 valence electrons. The molecule has 0 aliphatic heterocycles. The van der Waals surface area contributed by atoms with Crippen molar-refractivity contribution >= 4 is 16.9 Å². The van der Waals surface area contributed by atoms with Crippen LogP contribution in [0.4, 0.5) is 13.2 Å². The number of alkyl halides is 3. The molecule has 1 aromatic heterocycles. The van der Waals surface area contributed by atoms with Gasteiger partial charge in [0.05, 0.1) is 12.2 Å². The maximum absolute atomic E-state index is 12.8. The van der Waals surface area contributed by atoms with E-state index in [9.17, 15) is 18.0 Å². The number of ether oxygens (including phenoxy) is 1. The Hall–Kier alpha value is -2.80. The molecule has 1 heterocycles. The van der Waals surface area contributed by atoms with Crippen molar-refractivity contribution in [3.63, 3.8) is 0 Å². The fourth-order valence-electron chi connectivity index (χ4n) is 2.88. The standard InChI is InChI=1S/C20H18F3NO3/c1-24(11-13-7-9-14(10-8-13)20(21,22)23)19(25)18-16(12-26-2)15-5-3-4-6-17(15)27-18/h3-10H,11-12H2,1-2H3. The first-order valence-electron chi connectivity index (χ1n) is 8.22. The number of halogens is 3. The Morgan fingerprint density at radius 1 is 1.11 bits per heavy atom. The Labute approximate surface area is 154 Å². The summed E-state index contributed by atoms with van der Waals surface area (Å²) in [5.41, 5.74) is 1.09. The number of rotatable bonds is 5. The van der Waals surface area contributed by atoms with E-state index in [0.717, 1.165) is 17.5 Å². The number of hydrogen-bond acceptors (Lipinski definition) is 3. The lowest BCUT2D eigenvalue weighted by molar-refractivity contribution is -0.137. The van der Waals surface area contributed by atoms with E-state index in [-0.39, 0.29) is 24.8 Å². The molecule has 4 nitrogen and oxygen atoms in total. The van der Waals surface area contributed by atoms with Crippen molar-refractivity contribution in [2.24, 2.45) is 0 Å². The predicted molar refractivity (Wildman–Crippen MR) is 94.2 cm³/mol. The highest BCUT2D eigenvalue weighted by Gasteiger charge is 2.30. The van der Waals surface area contributed by atoms with Gasteiger partial charge in [0.15, 0.2) is 5.76 Å². The van der Waals surface area contributed by atoms with Crippen LogP contribution in [0.3, 0.4) is 0 Å². The van der Waals surface area contributed by atoms with Crippen molar-refractivity contribution in [1.29, 1.82) is 0 Å². The first kappa shape index (κ1) is 19.0. The molecule has 0 spiro atoms. The summed E-state index contributed by atoms with van der Waals surface area (Å²) in [6.07, 6.45) is -4.39. The van der Waals surface area contributed by atoms with Crippen LogP contribution in [-0.2, 0) is 24.1 Å². The quantitative estimate of drug-likeness (QED) is 0.637. The van der Waals surface area contributed by atoms with E-state index in [1.807, 2.05) is 18.2 Å². The number of hydrogen-bond donors (Lipinski definition) is 0. The van der Waals surface area contributed by atoms with E-state index in [4.69, 9.17) is 9.15 Å². The molecule has 3 aromatic rings. The van der Waals surface area contributed by atoms with Gasteiger partial charge in [-0.15, -0.1) is 0 Å². The first-order chi connectivity index (χ1) is 12.8. The molecule has 7 heteroatoms. The second kappa shape index (κ2) is 7.44. The molecule has 0 atom stereocenters. The molecular formula is C20H18F3NO3. The number of benzene rings is 2. The minimum Gasteiger partial charge on any atom is -0.451 e. The summed E-state index contributed by atoms with van der Waals surface area (Å²) in [7, 11) is 3.10. The average molecular weight is 377 g/mol. The van der Waals surface area contributed by atoms with Gasteiger partial charge in [-0.2, -0.15) is 13.2 Å². The van der Waals surface area contributed by atoms with E-state index in [0.29, 0.717) is 16.7 Å². The van der Waals surface area contributed by atoms with E-state index in [1.165, 1.54) is 24.1 Å². The maximum atomic E-state index is 12.8. The van der Waals surface area contributed by atoms with Crippen LogP contribution in [0.15, 0.2) is 52.9 Å². The van der Waals surface area contributed by atoms with Gasteiger partial charge in [0.1, 0.15) is 5.58 Å². The first-order valence-corrected chi connectivity index (χ1v) is 8.22. The molecule has 0 saturated carbocycles. The van der Waals surface area contributed by atoms with Gasteiger partial charge in [0.2, 0.25) is 0 Å². The molecule has 0 radical (unpaired) electrons. The van der Waals surface area contributed by atoms with Gasteiger partial charge >= 0.3 is 6.18 Å². The number of nitrogens with zero attached hydrogens (tertiary/aromatic N) is 1. The monoisotopic (exact) mass is 377 g/mol. The minimum atomic E-state index is -4.39. The zero-order valence-corrected chi connectivity index (χ0v) is 14.8. The average Bonchev–Trinajstić information content (AvgIpc) is 3.00. The van der Waals surface area contributed by atoms with Crippen molar-refractivity contribution in [1.82, 2.24) is 4.90 Å². The fraction of sp³-hybridized carbons (Fsp3) is 0.250. The van der Waals surface area contributed by atoms with Crippen LogP contribution in [0.25, 0.3) is 11.0 Å². The largest absolute Gasteiger partial charge is 0.451 e. The van der Waals surface area contributed by atoms with Crippen molar-refractivity contribution in [2.45, 2.75) is 19.3 Å². The Balaban J connectivity index is 1.83. The lowest BCUT2D eigenvalue weighted by Crippen LogP contribution is -2.26. The molecular weight excluding hydrogens is 359 g/mol. The number of carbonyl (C=O) groups is 1. The van der Waals surface area contributed by atoms with Crippen molar-refractivity contribution < 1.29 is 27.1 Å². The van der Waals surface area contributed by atoms with Crippen LogP contribution in [-0.4, -0.2) is 25.0 Å². The third-order valence-electron chi connectivity index (χ3n) is 4.23. The number of fused-ring (bicyclic) bond motifs is 1. The van der Waals surface area contributed by atoms with E-state index in [1.54, 1.807) is 13.1 Å². The molecule has 0 fully saturated rings. The zero-order valence-electron chi connectivity index (χ0n) is 14.8. The van der Waals surface area contributed by atoms with Crippen molar-refractivity contribution in [3.8, 4) is 0 Å². The van der Waals surface area contributed by atoms with Gasteiger partial charge in [-0.25, -0.2) is 0 Å². The lowest BCUT2D eigenvalue weighted by atomic mass is 10.1. The summed E-state index contributed by atoms with van der Waals surface area (Å²) >= 11 is 0. The molecule has 0 unspecified atom stereocenters. The Kier molecular flexibility index (Phi) is 5.23. The molecule has 0 aliphatic rings. The SMILES string of the molecule is COCc1c(C(=O)N(C)Cc2ccc(C(F)(F)F)cc2)oc2ccccc12. The molecule has 0 aliphatic carbocycles. The molecule has 2 aromatic carbocycles. The van der Waals surface area contributed by atoms with E-state index in [2.05, 4.69) is 0 Å². The van der Waals surface area contributed by atoms with Gasteiger partial charge in [-0.3, -0.25) is 4.79 Å². The molecule has 0 N–H and O–H groups in total. The molecule has 3 rings (SSSR count). The van der Waals surface area contributed by atoms with Gasteiger partial charge < -0.3 is 14.1 Å². The Morgan fingerprint density at radius 3 is 2.41 bits per heavy atom. The van der Waals surface area contributed by atoms with Crippen molar-refractivity contribution in [3.05, 3.63) is 71.0 Å². The van der Waals surface area contributed by atoms with Crippen LogP contribution in [0.1, 0.15) is 27.2 Å².